The van der Waals surface area contributed by atoms with E-state index in [1.165, 1.54) is 0 Å². The van der Waals surface area contributed by atoms with Crippen LogP contribution in [0.2, 0.25) is 5.02 Å². The van der Waals surface area contributed by atoms with Crippen LogP contribution in [0.4, 0.5) is 0 Å². The van der Waals surface area contributed by atoms with Crippen LogP contribution in [0.25, 0.3) is 0 Å². The third kappa shape index (κ3) is 4.16. The van der Waals surface area contributed by atoms with Crippen molar-refractivity contribution < 1.29 is 14.3 Å². The Balaban J connectivity index is 1.42. The van der Waals surface area contributed by atoms with E-state index in [1.54, 1.807) is 11.8 Å². The van der Waals surface area contributed by atoms with Gasteiger partial charge in [-0.1, -0.05) is 11.6 Å². The summed E-state index contributed by atoms with van der Waals surface area (Å²) in [5, 5.41) is 0.717. The van der Waals surface area contributed by atoms with Gasteiger partial charge in [-0.25, -0.2) is 0 Å². The van der Waals surface area contributed by atoms with E-state index in [4.69, 9.17) is 21.1 Å². The number of ether oxygens (including phenoxy) is 2. The van der Waals surface area contributed by atoms with Gasteiger partial charge < -0.3 is 14.4 Å². The highest BCUT2D eigenvalue weighted by Gasteiger charge is 2.31. The number of piperidine rings is 1. The molecule has 6 heteroatoms. The second-order valence-electron chi connectivity index (χ2n) is 5.57. The van der Waals surface area contributed by atoms with E-state index in [0.717, 1.165) is 30.8 Å². The Morgan fingerprint density at radius 2 is 1.82 bits per heavy atom. The van der Waals surface area contributed by atoms with Gasteiger partial charge in [0.15, 0.2) is 6.29 Å². The van der Waals surface area contributed by atoms with Crippen molar-refractivity contribution >= 4 is 29.3 Å². The van der Waals surface area contributed by atoms with E-state index in [0.29, 0.717) is 29.9 Å². The summed E-state index contributed by atoms with van der Waals surface area (Å²) in [6, 6.07) is 7.59. The molecule has 2 aliphatic heterocycles. The van der Waals surface area contributed by atoms with Crippen molar-refractivity contribution in [1.29, 1.82) is 0 Å². The molecule has 1 amide bonds. The van der Waals surface area contributed by atoms with E-state index in [1.807, 2.05) is 29.2 Å². The normalized spacial score (nSPS) is 20.5. The number of amides is 1. The molecule has 1 aromatic carbocycles. The quantitative estimate of drug-likeness (QED) is 0.789. The smallest absolute Gasteiger partial charge is 0.232 e. The van der Waals surface area contributed by atoms with E-state index >= 15 is 0 Å². The highest BCUT2D eigenvalue weighted by atomic mass is 35.5. The molecule has 2 aliphatic rings. The molecule has 2 heterocycles. The van der Waals surface area contributed by atoms with Crippen LogP contribution in [0.5, 0.6) is 0 Å². The first-order valence-electron chi connectivity index (χ1n) is 7.62. The number of rotatable bonds is 4. The Hall–Kier alpha value is -0.750. The summed E-state index contributed by atoms with van der Waals surface area (Å²) >= 11 is 7.42. The van der Waals surface area contributed by atoms with Crippen molar-refractivity contribution in [3.63, 3.8) is 0 Å². The molecule has 120 valence electrons. The highest BCUT2D eigenvalue weighted by molar-refractivity contribution is 8.00. The minimum absolute atomic E-state index is 0.0549. The maximum absolute atomic E-state index is 12.3. The number of likely N-dealkylation sites (tertiary alicyclic amines) is 1. The largest absolute Gasteiger partial charge is 0.350 e. The average molecular weight is 342 g/mol. The Morgan fingerprint density at radius 3 is 2.45 bits per heavy atom. The number of carbonyl (C=O) groups excluding carboxylic acids is 1. The van der Waals surface area contributed by atoms with Crippen molar-refractivity contribution in [2.45, 2.75) is 24.0 Å². The minimum atomic E-state index is -0.0549. The summed E-state index contributed by atoms with van der Waals surface area (Å²) in [5.74, 6) is 1.10. The van der Waals surface area contributed by atoms with Gasteiger partial charge in [-0.3, -0.25) is 4.79 Å². The van der Waals surface area contributed by atoms with Crippen molar-refractivity contribution in [3.05, 3.63) is 29.3 Å². The third-order valence-corrected chi connectivity index (χ3v) is 5.35. The highest BCUT2D eigenvalue weighted by Crippen LogP contribution is 2.27. The summed E-state index contributed by atoms with van der Waals surface area (Å²) in [5.41, 5.74) is 0. The molecule has 1 aromatic rings. The number of benzene rings is 1. The third-order valence-electron chi connectivity index (χ3n) is 4.10. The average Bonchev–Trinajstić information content (AvgIpc) is 3.09. The zero-order valence-corrected chi connectivity index (χ0v) is 13.9. The molecule has 0 atom stereocenters. The molecular formula is C16H20ClNO3S. The zero-order valence-electron chi connectivity index (χ0n) is 12.4. The number of carbonyl (C=O) groups is 1. The maximum atomic E-state index is 12.3. The van der Waals surface area contributed by atoms with Crippen molar-refractivity contribution in [2.24, 2.45) is 5.92 Å². The summed E-state index contributed by atoms with van der Waals surface area (Å²) < 4.78 is 11.1. The molecule has 0 aromatic heterocycles. The first-order chi connectivity index (χ1) is 10.7. The van der Waals surface area contributed by atoms with E-state index in [2.05, 4.69) is 0 Å². The van der Waals surface area contributed by atoms with Gasteiger partial charge in [0.25, 0.3) is 0 Å². The molecule has 0 aliphatic carbocycles. The van der Waals surface area contributed by atoms with Gasteiger partial charge in [0.05, 0.1) is 19.0 Å². The maximum Gasteiger partial charge on any atom is 0.232 e. The van der Waals surface area contributed by atoms with Crippen LogP contribution in [0.3, 0.4) is 0 Å². The van der Waals surface area contributed by atoms with Crippen LogP contribution in [0, 0.1) is 5.92 Å². The Morgan fingerprint density at radius 1 is 1.18 bits per heavy atom. The molecule has 0 saturated carbocycles. The molecule has 0 radical (unpaired) electrons. The van der Waals surface area contributed by atoms with Crippen LogP contribution in [0.1, 0.15) is 12.8 Å². The van der Waals surface area contributed by atoms with Crippen LogP contribution >= 0.6 is 23.4 Å². The van der Waals surface area contributed by atoms with Crippen LogP contribution < -0.4 is 0 Å². The number of halogens is 1. The summed E-state index contributed by atoms with van der Waals surface area (Å²) in [4.78, 5) is 15.3. The van der Waals surface area contributed by atoms with Crippen LogP contribution in [-0.4, -0.2) is 49.2 Å². The second-order valence-corrected chi connectivity index (χ2v) is 7.06. The summed E-state index contributed by atoms with van der Waals surface area (Å²) in [6.45, 7) is 2.99. The number of thioether (sulfide) groups is 1. The van der Waals surface area contributed by atoms with Crippen molar-refractivity contribution in [3.8, 4) is 0 Å². The number of hydrogen-bond donors (Lipinski definition) is 0. The Labute approximate surface area is 140 Å². The molecular weight excluding hydrogens is 322 g/mol. The van der Waals surface area contributed by atoms with Gasteiger partial charge in [-0.2, -0.15) is 0 Å². The fourth-order valence-electron chi connectivity index (χ4n) is 2.84. The van der Waals surface area contributed by atoms with Gasteiger partial charge in [-0.05, 0) is 37.1 Å². The first kappa shape index (κ1) is 16.1. The number of hydrogen-bond acceptors (Lipinski definition) is 4. The van der Waals surface area contributed by atoms with E-state index in [9.17, 15) is 4.79 Å². The van der Waals surface area contributed by atoms with Crippen LogP contribution in [-0.2, 0) is 14.3 Å². The van der Waals surface area contributed by atoms with Gasteiger partial charge in [0, 0.05) is 28.9 Å². The molecule has 22 heavy (non-hydrogen) atoms. The van der Waals surface area contributed by atoms with Crippen molar-refractivity contribution in [2.75, 3.05) is 32.1 Å². The molecule has 2 saturated heterocycles. The molecule has 3 rings (SSSR count). The Kier molecular flexibility index (Phi) is 5.63. The van der Waals surface area contributed by atoms with Crippen molar-refractivity contribution in [1.82, 2.24) is 4.90 Å². The van der Waals surface area contributed by atoms with E-state index in [-0.39, 0.29) is 12.2 Å². The topological polar surface area (TPSA) is 38.8 Å². The monoisotopic (exact) mass is 341 g/mol. The van der Waals surface area contributed by atoms with Gasteiger partial charge >= 0.3 is 0 Å². The standard InChI is InChI=1S/C16H20ClNO3S/c17-13-1-3-14(4-2-13)22-11-15(19)18-7-5-12(6-8-18)16-20-9-10-21-16/h1-4,12,16H,5-11H2. The van der Waals surface area contributed by atoms with E-state index < -0.39 is 0 Å². The lowest BCUT2D eigenvalue weighted by Gasteiger charge is -2.33. The van der Waals surface area contributed by atoms with Crippen LogP contribution in [0.15, 0.2) is 29.2 Å². The second kappa shape index (κ2) is 7.68. The zero-order chi connectivity index (χ0) is 15.4. The lowest BCUT2D eigenvalue weighted by Crippen LogP contribution is -2.42. The number of nitrogens with zero attached hydrogens (tertiary/aromatic N) is 1. The SMILES string of the molecule is O=C(CSc1ccc(Cl)cc1)N1CCC(C2OCCO2)CC1. The minimum Gasteiger partial charge on any atom is -0.350 e. The summed E-state index contributed by atoms with van der Waals surface area (Å²) in [7, 11) is 0. The lowest BCUT2D eigenvalue weighted by atomic mass is 9.96. The molecule has 0 spiro atoms. The lowest BCUT2D eigenvalue weighted by molar-refractivity contribution is -0.134. The molecule has 4 nitrogen and oxygen atoms in total. The fraction of sp³-hybridized carbons (Fsp3) is 0.562. The van der Waals surface area contributed by atoms with Gasteiger partial charge in [0.1, 0.15) is 0 Å². The first-order valence-corrected chi connectivity index (χ1v) is 8.98. The molecule has 0 unspecified atom stereocenters. The predicted octanol–water partition coefficient (Wildman–Crippen LogP) is 3.04. The fourth-order valence-corrected chi connectivity index (χ4v) is 3.76. The predicted molar refractivity (Wildman–Crippen MR) is 87.2 cm³/mol. The van der Waals surface area contributed by atoms with Gasteiger partial charge in [-0.15, -0.1) is 11.8 Å². The molecule has 2 fully saturated rings. The summed E-state index contributed by atoms with van der Waals surface area (Å²) in [6.07, 6.45) is 1.87. The van der Waals surface area contributed by atoms with Gasteiger partial charge in [0.2, 0.25) is 5.91 Å². The molecule has 0 bridgehead atoms. The molecule has 0 N–H and O–H groups in total. The Bertz CT molecular complexity index is 497.